The molecule has 3 saturated carbocycles. The van der Waals surface area contributed by atoms with Crippen LogP contribution in [0.1, 0.15) is 97.8 Å². The number of aliphatic hydroxyl groups is 4. The van der Waals surface area contributed by atoms with Crippen molar-refractivity contribution in [2.24, 2.45) is 23.7 Å². The van der Waals surface area contributed by atoms with E-state index in [4.69, 9.17) is 28.4 Å². The van der Waals surface area contributed by atoms with Crippen molar-refractivity contribution in [3.63, 3.8) is 0 Å². The van der Waals surface area contributed by atoms with Gasteiger partial charge in [-0.1, -0.05) is 29.4 Å². The summed E-state index contributed by atoms with van der Waals surface area (Å²) in [6.45, 7) is 14.8. The molecule has 5 heterocycles. The Kier molecular flexibility index (Phi) is 11.4. The molecule has 1 aromatic carbocycles. The largest absolute Gasteiger partial charge is 0.482 e. The van der Waals surface area contributed by atoms with Crippen LogP contribution in [0.4, 0.5) is 0 Å². The zero-order valence-electron chi connectivity index (χ0n) is 38.3. The topological polar surface area (TPSA) is 221 Å². The number of hydrogen-bond donors (Lipinski definition) is 5. The van der Waals surface area contributed by atoms with Crippen LogP contribution in [0.15, 0.2) is 46.6 Å². The molecule has 4 bridgehead atoms. The number of ether oxygens (including phenoxy) is 6. The van der Waals surface area contributed by atoms with Crippen LogP contribution in [0.2, 0.25) is 0 Å². The van der Waals surface area contributed by atoms with E-state index in [1.54, 1.807) is 24.9 Å². The van der Waals surface area contributed by atoms with Gasteiger partial charge in [0.1, 0.15) is 59.0 Å². The molecule has 15 nitrogen and oxygen atoms in total. The van der Waals surface area contributed by atoms with Gasteiger partial charge in [-0.2, -0.15) is 5.26 Å². The summed E-state index contributed by atoms with van der Waals surface area (Å²) >= 11 is 0. The maximum absolute atomic E-state index is 15.5. The Morgan fingerprint density at radius 1 is 1.03 bits per heavy atom. The summed E-state index contributed by atoms with van der Waals surface area (Å²) in [6.07, 6.45) is 3.39. The van der Waals surface area contributed by atoms with Crippen molar-refractivity contribution in [3.8, 4) is 23.3 Å². The molecule has 0 aromatic heterocycles. The maximum atomic E-state index is 15.5. The lowest BCUT2D eigenvalue weighted by atomic mass is 9.44. The van der Waals surface area contributed by atoms with Gasteiger partial charge in [-0.25, -0.2) is 4.79 Å². The Morgan fingerprint density at radius 3 is 2.38 bits per heavy atom. The van der Waals surface area contributed by atoms with Gasteiger partial charge in [0.15, 0.2) is 17.0 Å². The number of carbonyl (C=O) groups excluding carboxylic acids is 2. The number of Topliss-reactive ketones (excluding diaryl/α,β-unsaturated/α-hetero) is 1. The fraction of sp³-hybridized carbons (Fsp3) is 0.592. The number of carbonyl (C=O) groups is 2. The van der Waals surface area contributed by atoms with Gasteiger partial charge in [-0.3, -0.25) is 10.2 Å². The Balaban J connectivity index is 1.49. The predicted molar refractivity (Wildman–Crippen MR) is 234 cm³/mol. The van der Waals surface area contributed by atoms with Gasteiger partial charge >= 0.3 is 5.97 Å². The second-order valence-corrected chi connectivity index (χ2v) is 19.7. The molecule has 12 atom stereocenters. The number of fused-ring (bicyclic) bond motifs is 3. The SMILES string of the molecule is COC(=O)C(C)=CCC12OC(C)(C)C3CC(C1=O)C1C4=C(c5c(O[C@@H]6O[C@H](CO)[C@@H](O)[C@H](O)[C@H]6O)c6c(c(CC=C(C)C)c5OC432)OC(C)(CCC=C(C)C)C=C6)N(C)C(=N)C1C#N. The van der Waals surface area contributed by atoms with Crippen LogP contribution in [0.3, 0.4) is 0 Å². The highest BCUT2D eigenvalue weighted by Gasteiger charge is 2.84. The Bertz CT molecular complexity index is 2380. The van der Waals surface area contributed by atoms with E-state index >= 15 is 4.79 Å². The first-order chi connectivity index (χ1) is 30.1. The molecule has 9 rings (SSSR count). The molecular formula is C49H61N3O12. The van der Waals surface area contributed by atoms with Gasteiger partial charge in [-0.15, -0.1) is 0 Å². The molecule has 5 aliphatic heterocycles. The van der Waals surface area contributed by atoms with E-state index in [2.05, 4.69) is 12.1 Å². The highest BCUT2D eigenvalue weighted by Crippen LogP contribution is 2.74. The second kappa shape index (κ2) is 16.0. The third-order valence-electron chi connectivity index (χ3n) is 14.6. The molecule has 2 saturated heterocycles. The van der Waals surface area contributed by atoms with Crippen LogP contribution in [0.25, 0.3) is 11.8 Å². The van der Waals surface area contributed by atoms with Crippen LogP contribution >= 0.6 is 0 Å². The summed E-state index contributed by atoms with van der Waals surface area (Å²) < 4.78 is 39.9. The minimum atomic E-state index is -1.79. The molecule has 5 N–H and O–H groups in total. The van der Waals surface area contributed by atoms with Crippen molar-refractivity contribution in [1.29, 1.82) is 10.7 Å². The first-order valence-electron chi connectivity index (χ1n) is 22.1. The highest BCUT2D eigenvalue weighted by atomic mass is 16.7. The van der Waals surface area contributed by atoms with Gasteiger partial charge in [0.25, 0.3) is 0 Å². The molecule has 3 aliphatic carbocycles. The molecule has 64 heavy (non-hydrogen) atoms. The standard InChI is InChI=1S/C49H61N3O12/c1-23(2)12-11-17-47(8)18-16-27-39(62-47)26(14-13-24(3)4)41-33(40(27)61-45-38(56)37(55)36(54)30(22-53)60-45)35-34-32(29(21-50)43(51)52(35)9)28-20-31-46(6,7)64-48(42(28)57,49(31,34)63-41)19-15-25(5)44(58)59-10/h12-13,15-16,18,28-32,36-38,45,51,53-56H,11,14,17,19-20,22H2,1-10H3/t28?,29?,30-,31?,32?,36-,37+,38-,45+,47?,48?,49?/m1/s1. The minimum Gasteiger partial charge on any atom is -0.482 e. The van der Waals surface area contributed by atoms with E-state index in [1.165, 1.54) is 7.11 Å². The maximum Gasteiger partial charge on any atom is 0.333 e. The van der Waals surface area contributed by atoms with Crippen LogP contribution in [-0.2, 0) is 30.2 Å². The third kappa shape index (κ3) is 6.54. The highest BCUT2D eigenvalue weighted by molar-refractivity contribution is 6.06. The lowest BCUT2D eigenvalue weighted by Gasteiger charge is -2.64. The number of amidine groups is 1. The smallest absolute Gasteiger partial charge is 0.333 e. The number of rotatable bonds is 11. The van der Waals surface area contributed by atoms with Crippen molar-refractivity contribution < 1.29 is 58.4 Å². The molecule has 344 valence electrons. The summed E-state index contributed by atoms with van der Waals surface area (Å²) in [6, 6.07) is 2.36. The lowest BCUT2D eigenvalue weighted by Crippen LogP contribution is -2.76. The number of methoxy groups -OCH3 is 1. The number of nitriles is 1. The first kappa shape index (κ1) is 45.7. The van der Waals surface area contributed by atoms with E-state index in [0.29, 0.717) is 53.0 Å². The van der Waals surface area contributed by atoms with E-state index in [-0.39, 0.29) is 41.5 Å². The van der Waals surface area contributed by atoms with Gasteiger partial charge in [0.05, 0.1) is 42.2 Å². The number of benzene rings is 1. The summed E-state index contributed by atoms with van der Waals surface area (Å²) in [4.78, 5) is 30.0. The summed E-state index contributed by atoms with van der Waals surface area (Å²) in [5.74, 6) is -3.21. The number of allylic oxidation sites excluding steroid dienone is 4. The molecule has 5 fully saturated rings. The van der Waals surface area contributed by atoms with Gasteiger partial charge < -0.3 is 53.7 Å². The fourth-order valence-electron chi connectivity index (χ4n) is 11.5. The molecule has 8 aliphatic rings. The molecule has 1 spiro atoms. The van der Waals surface area contributed by atoms with Crippen LogP contribution < -0.4 is 14.2 Å². The zero-order chi connectivity index (χ0) is 46.6. The summed E-state index contributed by atoms with van der Waals surface area (Å²) in [5.41, 5.74) is -0.220. The monoisotopic (exact) mass is 883 g/mol. The van der Waals surface area contributed by atoms with E-state index in [9.17, 15) is 35.9 Å². The van der Waals surface area contributed by atoms with Crippen molar-refractivity contribution in [2.75, 3.05) is 20.8 Å². The molecule has 15 heteroatoms. The second-order valence-electron chi connectivity index (χ2n) is 19.7. The molecular weight excluding hydrogens is 823 g/mol. The normalized spacial score (nSPS) is 36.2. The molecule has 1 aromatic rings. The Hall–Kier alpha value is -4.82. The molecule has 7 unspecified atom stereocenters. The number of ketones is 1. The number of hydrogen-bond acceptors (Lipinski definition) is 14. The lowest BCUT2D eigenvalue weighted by molar-refractivity contribution is -0.277. The fourth-order valence-corrected chi connectivity index (χ4v) is 11.5. The van der Waals surface area contributed by atoms with Crippen LogP contribution in [0.5, 0.6) is 17.2 Å². The number of esters is 1. The summed E-state index contributed by atoms with van der Waals surface area (Å²) in [5, 5.41) is 63.9. The molecule has 0 radical (unpaired) electrons. The van der Waals surface area contributed by atoms with E-state index in [0.717, 1.165) is 11.1 Å². The quantitative estimate of drug-likeness (QED) is 0.111. The third-order valence-corrected chi connectivity index (χ3v) is 14.6. The minimum absolute atomic E-state index is 0.0430. The summed E-state index contributed by atoms with van der Waals surface area (Å²) in [7, 11) is 2.98. The predicted octanol–water partition coefficient (Wildman–Crippen LogP) is 5.08. The molecule has 0 amide bonds. The van der Waals surface area contributed by atoms with Gasteiger partial charge in [0, 0.05) is 47.9 Å². The van der Waals surface area contributed by atoms with Gasteiger partial charge in [0.2, 0.25) is 6.29 Å². The van der Waals surface area contributed by atoms with Crippen molar-refractivity contribution in [3.05, 3.63) is 63.3 Å². The average molecular weight is 884 g/mol. The van der Waals surface area contributed by atoms with Crippen molar-refractivity contribution in [1.82, 2.24) is 4.90 Å². The van der Waals surface area contributed by atoms with Crippen LogP contribution in [0, 0.1) is 40.4 Å². The van der Waals surface area contributed by atoms with Crippen LogP contribution in [-0.4, -0.2) is 117 Å². The zero-order valence-corrected chi connectivity index (χ0v) is 38.3. The number of nitrogens with zero attached hydrogens (tertiary/aromatic N) is 2. The Morgan fingerprint density at radius 2 is 1.73 bits per heavy atom. The van der Waals surface area contributed by atoms with E-state index < -0.39 is 89.4 Å². The Labute approximate surface area is 374 Å². The average Bonchev–Trinajstić information content (AvgIpc) is 3.39. The number of aliphatic hydroxyl groups excluding tert-OH is 4. The first-order valence-corrected chi connectivity index (χ1v) is 22.1. The van der Waals surface area contributed by atoms with Crippen molar-refractivity contribution >= 4 is 29.4 Å². The number of nitrogens with one attached hydrogen (secondary N) is 1. The van der Waals surface area contributed by atoms with E-state index in [1.807, 2.05) is 66.7 Å². The van der Waals surface area contributed by atoms with Crippen molar-refractivity contribution in [2.45, 2.75) is 141 Å². The van der Waals surface area contributed by atoms with Gasteiger partial charge in [-0.05, 0) is 93.2 Å².